The Balaban J connectivity index is 2.08. The van der Waals surface area contributed by atoms with Crippen molar-refractivity contribution < 1.29 is 9.47 Å². The fourth-order valence-electron chi connectivity index (χ4n) is 1.90. The van der Waals surface area contributed by atoms with E-state index in [4.69, 9.17) is 20.5 Å². The van der Waals surface area contributed by atoms with E-state index < -0.39 is 0 Å². The molecule has 0 atom stereocenters. The summed E-state index contributed by atoms with van der Waals surface area (Å²) in [5.74, 6) is 1.14. The van der Waals surface area contributed by atoms with Crippen molar-refractivity contribution in [2.24, 2.45) is 0 Å². The number of nitriles is 1. The summed E-state index contributed by atoms with van der Waals surface area (Å²) in [5.41, 5.74) is 7.74. The number of benzene rings is 1. The van der Waals surface area contributed by atoms with Gasteiger partial charge in [0.2, 0.25) is 0 Å². The minimum Gasteiger partial charge on any atom is -0.490 e. The zero-order valence-electron chi connectivity index (χ0n) is 12.1. The molecule has 2 aromatic rings. The first-order valence-corrected chi connectivity index (χ1v) is 6.96. The van der Waals surface area contributed by atoms with Gasteiger partial charge in [0.1, 0.15) is 6.07 Å². The molecule has 1 heterocycles. The smallest absolute Gasteiger partial charge is 0.163 e. The Hall–Kier alpha value is -2.61. The van der Waals surface area contributed by atoms with Gasteiger partial charge in [-0.25, -0.2) is 0 Å². The normalized spacial score (nSPS) is 10.1. The van der Waals surface area contributed by atoms with Crippen LogP contribution in [-0.2, 0) is 6.42 Å². The number of nitrogen functional groups attached to an aromatic ring is 1. The molecule has 0 aliphatic rings. The van der Waals surface area contributed by atoms with Crippen molar-refractivity contribution in [3.63, 3.8) is 0 Å². The number of nitrogens with one attached hydrogen (secondary N) is 1. The molecule has 0 radical (unpaired) electrons. The van der Waals surface area contributed by atoms with Gasteiger partial charge < -0.3 is 20.2 Å². The number of hydrogen-bond acceptors (Lipinski definition) is 4. The predicted molar refractivity (Wildman–Crippen MR) is 81.3 cm³/mol. The highest BCUT2D eigenvalue weighted by atomic mass is 16.5. The van der Waals surface area contributed by atoms with Gasteiger partial charge in [-0.05, 0) is 18.6 Å². The molecular formula is C16H19N3O2. The topological polar surface area (TPSA) is 84.1 Å². The maximum Gasteiger partial charge on any atom is 0.163 e. The summed E-state index contributed by atoms with van der Waals surface area (Å²) >= 11 is 0. The monoisotopic (exact) mass is 285 g/mol. The minimum absolute atomic E-state index is 0.399. The van der Waals surface area contributed by atoms with Gasteiger partial charge in [-0.2, -0.15) is 5.26 Å². The second kappa shape index (κ2) is 7.25. The van der Waals surface area contributed by atoms with Gasteiger partial charge in [-0.15, -0.1) is 0 Å². The predicted octanol–water partition coefficient (Wildman–Crippen LogP) is 2.88. The van der Waals surface area contributed by atoms with Crippen molar-refractivity contribution in [1.29, 1.82) is 5.26 Å². The number of H-pyrrole nitrogens is 1. The molecule has 2 rings (SSSR count). The molecule has 0 fully saturated rings. The zero-order chi connectivity index (χ0) is 15.1. The van der Waals surface area contributed by atoms with Gasteiger partial charge in [0, 0.05) is 30.4 Å². The summed E-state index contributed by atoms with van der Waals surface area (Å²) in [6, 6.07) is 9.29. The molecule has 5 nitrogen and oxygen atoms in total. The van der Waals surface area contributed by atoms with Crippen molar-refractivity contribution in [3.8, 4) is 17.6 Å². The van der Waals surface area contributed by atoms with Crippen molar-refractivity contribution in [2.45, 2.75) is 19.8 Å². The lowest BCUT2D eigenvalue weighted by molar-refractivity contribution is 0.270. The summed E-state index contributed by atoms with van der Waals surface area (Å²) in [5, 5.41) is 9.03. The number of aromatic nitrogens is 1. The zero-order valence-corrected chi connectivity index (χ0v) is 12.1. The van der Waals surface area contributed by atoms with Crippen molar-refractivity contribution in [3.05, 3.63) is 41.7 Å². The number of nitrogens with two attached hydrogens (primary N) is 1. The summed E-state index contributed by atoms with van der Waals surface area (Å²) in [7, 11) is 0. The number of hydrogen-bond donors (Lipinski definition) is 2. The fraction of sp³-hybridized carbons (Fsp3) is 0.312. The third kappa shape index (κ3) is 3.93. The lowest BCUT2D eigenvalue weighted by Gasteiger charge is -2.13. The van der Waals surface area contributed by atoms with E-state index in [9.17, 15) is 0 Å². The summed E-state index contributed by atoms with van der Waals surface area (Å²) in [6.45, 7) is 3.10. The third-order valence-electron chi connectivity index (χ3n) is 2.99. The Kier molecular flexibility index (Phi) is 5.10. The van der Waals surface area contributed by atoms with E-state index in [1.165, 1.54) is 0 Å². The minimum atomic E-state index is 0.399. The van der Waals surface area contributed by atoms with Crippen LogP contribution in [0.3, 0.4) is 0 Å². The standard InChI is InChI=1S/C16H19N3O2/c1-2-7-20-15-9-12(11-17)14(18)10-16(15)21-8-5-13-4-3-6-19-13/h3-4,6,9-10,19H,2,5,7-8,18H2,1H3. The van der Waals surface area contributed by atoms with Crippen LogP contribution in [0.4, 0.5) is 5.69 Å². The van der Waals surface area contributed by atoms with Crippen LogP contribution in [0.2, 0.25) is 0 Å². The average molecular weight is 285 g/mol. The van der Waals surface area contributed by atoms with E-state index in [-0.39, 0.29) is 0 Å². The van der Waals surface area contributed by atoms with E-state index in [0.717, 1.165) is 18.5 Å². The SMILES string of the molecule is CCCOc1cc(C#N)c(N)cc1OCCc1ccc[nH]1. The summed E-state index contributed by atoms with van der Waals surface area (Å²) in [4.78, 5) is 3.12. The maximum atomic E-state index is 9.03. The Morgan fingerprint density at radius 1 is 1.24 bits per heavy atom. The third-order valence-corrected chi connectivity index (χ3v) is 2.99. The summed E-state index contributed by atoms with van der Waals surface area (Å²) < 4.78 is 11.4. The van der Waals surface area contributed by atoms with Gasteiger partial charge in [0.05, 0.1) is 24.5 Å². The molecule has 21 heavy (non-hydrogen) atoms. The van der Waals surface area contributed by atoms with Crippen LogP contribution in [0, 0.1) is 11.3 Å². The first-order valence-electron chi connectivity index (χ1n) is 6.96. The molecule has 0 bridgehead atoms. The Labute approximate surface area is 124 Å². The first kappa shape index (κ1) is 14.8. The molecule has 0 amide bonds. The van der Waals surface area contributed by atoms with Crippen LogP contribution in [-0.4, -0.2) is 18.2 Å². The van der Waals surface area contributed by atoms with Gasteiger partial charge in [0.25, 0.3) is 0 Å². The molecule has 110 valence electrons. The molecule has 1 aromatic carbocycles. The number of rotatable bonds is 7. The van der Waals surface area contributed by atoms with Crippen LogP contribution in [0.25, 0.3) is 0 Å². The molecule has 0 spiro atoms. The van der Waals surface area contributed by atoms with Gasteiger partial charge in [-0.3, -0.25) is 0 Å². The van der Waals surface area contributed by atoms with E-state index in [2.05, 4.69) is 11.1 Å². The van der Waals surface area contributed by atoms with Gasteiger partial charge in [-0.1, -0.05) is 6.92 Å². The molecule has 0 saturated heterocycles. The number of ether oxygens (including phenoxy) is 2. The molecule has 3 N–H and O–H groups in total. The molecule has 0 aliphatic carbocycles. The largest absolute Gasteiger partial charge is 0.490 e. The number of aromatic amines is 1. The quantitative estimate of drug-likeness (QED) is 0.766. The number of anilines is 1. The first-order chi connectivity index (χ1) is 10.2. The molecular weight excluding hydrogens is 266 g/mol. The second-order valence-corrected chi connectivity index (χ2v) is 4.64. The van der Waals surface area contributed by atoms with Crippen LogP contribution >= 0.6 is 0 Å². The fourth-order valence-corrected chi connectivity index (χ4v) is 1.90. The molecule has 1 aromatic heterocycles. The van der Waals surface area contributed by atoms with E-state index in [1.807, 2.05) is 25.3 Å². The Morgan fingerprint density at radius 2 is 2.00 bits per heavy atom. The Bertz CT molecular complexity index is 615. The maximum absolute atomic E-state index is 9.03. The van der Waals surface area contributed by atoms with E-state index in [1.54, 1.807) is 12.1 Å². The lowest BCUT2D eigenvalue weighted by atomic mass is 10.1. The van der Waals surface area contributed by atoms with Crippen molar-refractivity contribution in [2.75, 3.05) is 18.9 Å². The Morgan fingerprint density at radius 3 is 2.67 bits per heavy atom. The van der Waals surface area contributed by atoms with Crippen LogP contribution in [0.1, 0.15) is 24.6 Å². The highest BCUT2D eigenvalue weighted by molar-refractivity contribution is 5.62. The second-order valence-electron chi connectivity index (χ2n) is 4.64. The van der Waals surface area contributed by atoms with E-state index in [0.29, 0.717) is 36.0 Å². The molecule has 0 aliphatic heterocycles. The van der Waals surface area contributed by atoms with Gasteiger partial charge >= 0.3 is 0 Å². The van der Waals surface area contributed by atoms with Crippen LogP contribution in [0.15, 0.2) is 30.5 Å². The average Bonchev–Trinajstić information content (AvgIpc) is 2.99. The van der Waals surface area contributed by atoms with Gasteiger partial charge in [0.15, 0.2) is 11.5 Å². The van der Waals surface area contributed by atoms with Crippen molar-refractivity contribution in [1.82, 2.24) is 4.98 Å². The molecule has 5 heteroatoms. The highest BCUT2D eigenvalue weighted by Crippen LogP contribution is 2.32. The highest BCUT2D eigenvalue weighted by Gasteiger charge is 2.10. The lowest BCUT2D eigenvalue weighted by Crippen LogP contribution is -2.05. The van der Waals surface area contributed by atoms with Crippen molar-refractivity contribution >= 4 is 5.69 Å². The number of nitrogens with zero attached hydrogens (tertiary/aromatic N) is 1. The van der Waals surface area contributed by atoms with Crippen LogP contribution in [0.5, 0.6) is 11.5 Å². The summed E-state index contributed by atoms with van der Waals surface area (Å²) in [6.07, 6.45) is 3.53. The molecule has 0 saturated carbocycles. The van der Waals surface area contributed by atoms with E-state index >= 15 is 0 Å². The molecule has 0 unspecified atom stereocenters. The van der Waals surface area contributed by atoms with Crippen LogP contribution < -0.4 is 15.2 Å².